The molecule has 3 nitrogen and oxygen atoms in total. The lowest BCUT2D eigenvalue weighted by molar-refractivity contribution is 0.418. The van der Waals surface area contributed by atoms with E-state index in [0.717, 1.165) is 11.1 Å². The zero-order chi connectivity index (χ0) is 9.26. The Hall–Kier alpha value is -1.48. The lowest BCUT2D eigenvalue weighted by atomic mass is 10.2. The fraction of sp³-hybridized carbons (Fsp3) is 0.100. The van der Waals surface area contributed by atoms with Crippen LogP contribution in [0, 0.1) is 0 Å². The molecule has 0 aliphatic carbocycles. The average Bonchev–Trinajstić information content (AvgIpc) is 2.19. The first-order valence-electron chi connectivity index (χ1n) is 3.93. The SMILES string of the molecule is COc1ccc(O)c2ncccc12.Cl. The monoisotopic (exact) mass is 211 g/mol. The lowest BCUT2D eigenvalue weighted by Crippen LogP contribution is -1.86. The Bertz CT molecular complexity index is 445. The zero-order valence-electron chi connectivity index (χ0n) is 7.60. The van der Waals surface area contributed by atoms with Crippen molar-refractivity contribution in [3.63, 3.8) is 0 Å². The first kappa shape index (κ1) is 10.6. The zero-order valence-corrected chi connectivity index (χ0v) is 8.41. The summed E-state index contributed by atoms with van der Waals surface area (Å²) in [5, 5.41) is 10.3. The van der Waals surface area contributed by atoms with E-state index in [1.165, 1.54) is 0 Å². The van der Waals surface area contributed by atoms with Gasteiger partial charge >= 0.3 is 0 Å². The largest absolute Gasteiger partial charge is 0.506 e. The highest BCUT2D eigenvalue weighted by Crippen LogP contribution is 2.29. The van der Waals surface area contributed by atoms with Crippen LogP contribution in [0.15, 0.2) is 30.5 Å². The van der Waals surface area contributed by atoms with E-state index in [-0.39, 0.29) is 18.2 Å². The number of aromatic nitrogens is 1. The van der Waals surface area contributed by atoms with E-state index in [2.05, 4.69) is 4.98 Å². The maximum Gasteiger partial charge on any atom is 0.142 e. The number of aromatic hydroxyl groups is 1. The van der Waals surface area contributed by atoms with Crippen LogP contribution in [0.5, 0.6) is 11.5 Å². The van der Waals surface area contributed by atoms with E-state index < -0.39 is 0 Å². The van der Waals surface area contributed by atoms with Crippen molar-refractivity contribution in [1.29, 1.82) is 0 Å². The van der Waals surface area contributed by atoms with Crippen molar-refractivity contribution in [2.24, 2.45) is 0 Å². The second-order valence-corrected chi connectivity index (χ2v) is 2.69. The number of hydrogen-bond acceptors (Lipinski definition) is 3. The van der Waals surface area contributed by atoms with Crippen LogP contribution in [0.4, 0.5) is 0 Å². The minimum absolute atomic E-state index is 0. The fourth-order valence-corrected chi connectivity index (χ4v) is 1.31. The molecule has 1 heterocycles. The van der Waals surface area contributed by atoms with E-state index in [0.29, 0.717) is 5.52 Å². The van der Waals surface area contributed by atoms with Gasteiger partial charge in [0.2, 0.25) is 0 Å². The van der Waals surface area contributed by atoms with Crippen molar-refractivity contribution in [1.82, 2.24) is 4.98 Å². The molecular weight excluding hydrogens is 202 g/mol. The number of benzene rings is 1. The predicted octanol–water partition coefficient (Wildman–Crippen LogP) is 2.37. The third-order valence-electron chi connectivity index (χ3n) is 1.93. The molecular formula is C10H10ClNO2. The summed E-state index contributed by atoms with van der Waals surface area (Å²) in [5.41, 5.74) is 0.571. The summed E-state index contributed by atoms with van der Waals surface area (Å²) in [6.45, 7) is 0. The molecule has 0 saturated carbocycles. The Morgan fingerprint density at radius 1 is 1.29 bits per heavy atom. The standard InChI is InChI=1S/C10H9NO2.ClH/c1-13-9-5-4-8(12)10-7(9)3-2-6-11-10;/h2-6,12H,1H3;1H. The van der Waals surface area contributed by atoms with Gasteiger partial charge in [-0.15, -0.1) is 12.4 Å². The molecule has 0 bridgehead atoms. The number of ether oxygens (including phenoxy) is 1. The smallest absolute Gasteiger partial charge is 0.142 e. The normalized spacial score (nSPS) is 9.50. The number of pyridine rings is 1. The van der Waals surface area contributed by atoms with Crippen molar-refractivity contribution >= 4 is 23.3 Å². The van der Waals surface area contributed by atoms with Crippen LogP contribution in [-0.4, -0.2) is 17.2 Å². The van der Waals surface area contributed by atoms with Crippen LogP contribution < -0.4 is 4.74 Å². The van der Waals surface area contributed by atoms with Gasteiger partial charge in [0.15, 0.2) is 0 Å². The summed E-state index contributed by atoms with van der Waals surface area (Å²) in [4.78, 5) is 4.06. The first-order chi connectivity index (χ1) is 6.33. The number of methoxy groups -OCH3 is 1. The minimum atomic E-state index is 0. The molecule has 0 spiro atoms. The highest BCUT2D eigenvalue weighted by atomic mass is 35.5. The molecule has 0 amide bonds. The van der Waals surface area contributed by atoms with Gasteiger partial charge in [0.05, 0.1) is 7.11 Å². The third kappa shape index (κ3) is 1.59. The van der Waals surface area contributed by atoms with Crippen LogP contribution in [0.2, 0.25) is 0 Å². The average molecular weight is 212 g/mol. The van der Waals surface area contributed by atoms with E-state index >= 15 is 0 Å². The molecule has 0 radical (unpaired) electrons. The van der Waals surface area contributed by atoms with Crippen LogP contribution in [0.3, 0.4) is 0 Å². The molecule has 2 aromatic rings. The molecule has 1 aromatic carbocycles. The van der Waals surface area contributed by atoms with Gasteiger partial charge in [0, 0.05) is 11.6 Å². The number of halogens is 1. The molecule has 0 saturated heterocycles. The minimum Gasteiger partial charge on any atom is -0.506 e. The van der Waals surface area contributed by atoms with Crippen LogP contribution >= 0.6 is 12.4 Å². The van der Waals surface area contributed by atoms with E-state index in [4.69, 9.17) is 4.74 Å². The summed E-state index contributed by atoms with van der Waals surface area (Å²) < 4.78 is 5.13. The number of phenolic OH excluding ortho intramolecular Hbond substituents is 1. The van der Waals surface area contributed by atoms with Gasteiger partial charge in [-0.1, -0.05) is 0 Å². The molecule has 0 aliphatic heterocycles. The Kier molecular flexibility index (Phi) is 3.14. The highest BCUT2D eigenvalue weighted by Gasteiger charge is 2.04. The van der Waals surface area contributed by atoms with Gasteiger partial charge in [-0.2, -0.15) is 0 Å². The topological polar surface area (TPSA) is 42.4 Å². The highest BCUT2D eigenvalue weighted by molar-refractivity contribution is 5.89. The summed E-state index contributed by atoms with van der Waals surface area (Å²) >= 11 is 0. The van der Waals surface area contributed by atoms with E-state index in [1.54, 1.807) is 25.4 Å². The molecule has 74 valence electrons. The molecule has 0 atom stereocenters. The van der Waals surface area contributed by atoms with E-state index in [9.17, 15) is 5.11 Å². The number of fused-ring (bicyclic) bond motifs is 1. The third-order valence-corrected chi connectivity index (χ3v) is 1.93. The Balaban J connectivity index is 0.000000980. The Labute approximate surface area is 87.8 Å². The van der Waals surface area contributed by atoms with E-state index in [1.807, 2.05) is 12.1 Å². The summed E-state index contributed by atoms with van der Waals surface area (Å²) in [7, 11) is 1.60. The molecule has 0 aliphatic rings. The quantitative estimate of drug-likeness (QED) is 0.788. The lowest BCUT2D eigenvalue weighted by Gasteiger charge is -2.04. The first-order valence-corrected chi connectivity index (χ1v) is 3.93. The number of hydrogen-bond donors (Lipinski definition) is 1. The molecule has 0 fully saturated rings. The summed E-state index contributed by atoms with van der Waals surface area (Å²) in [6.07, 6.45) is 1.64. The van der Waals surface area contributed by atoms with Crippen molar-refractivity contribution < 1.29 is 9.84 Å². The molecule has 4 heteroatoms. The summed E-state index contributed by atoms with van der Waals surface area (Å²) in [6, 6.07) is 6.97. The number of phenols is 1. The van der Waals surface area contributed by atoms with Gasteiger partial charge in [0.1, 0.15) is 17.0 Å². The Morgan fingerprint density at radius 2 is 2.07 bits per heavy atom. The van der Waals surface area contributed by atoms with Gasteiger partial charge in [0.25, 0.3) is 0 Å². The number of nitrogens with zero attached hydrogens (tertiary/aromatic N) is 1. The van der Waals surface area contributed by atoms with Crippen LogP contribution in [0.25, 0.3) is 10.9 Å². The molecule has 2 rings (SSSR count). The van der Waals surface area contributed by atoms with Crippen molar-refractivity contribution in [2.75, 3.05) is 7.11 Å². The maximum absolute atomic E-state index is 9.47. The van der Waals surface area contributed by atoms with Crippen LogP contribution in [0.1, 0.15) is 0 Å². The molecule has 14 heavy (non-hydrogen) atoms. The van der Waals surface area contributed by atoms with Crippen molar-refractivity contribution in [3.05, 3.63) is 30.5 Å². The fourth-order valence-electron chi connectivity index (χ4n) is 1.31. The maximum atomic E-state index is 9.47. The van der Waals surface area contributed by atoms with Gasteiger partial charge in [-0.25, -0.2) is 0 Å². The van der Waals surface area contributed by atoms with Crippen molar-refractivity contribution in [3.8, 4) is 11.5 Å². The number of rotatable bonds is 1. The molecule has 0 unspecified atom stereocenters. The Morgan fingerprint density at radius 3 is 2.79 bits per heavy atom. The van der Waals surface area contributed by atoms with Crippen molar-refractivity contribution in [2.45, 2.75) is 0 Å². The molecule has 1 aromatic heterocycles. The second-order valence-electron chi connectivity index (χ2n) is 2.69. The van der Waals surface area contributed by atoms with Gasteiger partial charge in [-0.05, 0) is 24.3 Å². The van der Waals surface area contributed by atoms with Gasteiger partial charge in [-0.3, -0.25) is 4.98 Å². The summed E-state index contributed by atoms with van der Waals surface area (Å²) in [5.74, 6) is 0.900. The second kappa shape index (κ2) is 4.15. The molecule has 1 N–H and O–H groups in total. The van der Waals surface area contributed by atoms with Gasteiger partial charge < -0.3 is 9.84 Å². The van der Waals surface area contributed by atoms with Crippen LogP contribution in [-0.2, 0) is 0 Å². The predicted molar refractivity (Wildman–Crippen MR) is 57.2 cm³/mol.